The molecule has 0 aliphatic carbocycles. The molecule has 0 unspecified atom stereocenters. The first-order valence-electron chi connectivity index (χ1n) is 11.3. The summed E-state index contributed by atoms with van der Waals surface area (Å²) in [5, 5.41) is 3.86. The molecule has 0 saturated heterocycles. The number of halogens is 1. The van der Waals surface area contributed by atoms with Crippen molar-refractivity contribution in [1.29, 1.82) is 0 Å². The number of benzene rings is 4. The van der Waals surface area contributed by atoms with E-state index in [-0.39, 0.29) is 28.3 Å². The molecule has 0 radical (unpaired) electrons. The van der Waals surface area contributed by atoms with Crippen molar-refractivity contribution < 1.29 is 22.3 Å². The number of hydrogen-bond acceptors (Lipinski definition) is 5. The molecule has 7 nitrogen and oxygen atoms in total. The summed E-state index contributed by atoms with van der Waals surface area (Å²) in [5.41, 5.74) is 3.54. The van der Waals surface area contributed by atoms with E-state index in [0.29, 0.717) is 5.75 Å². The van der Waals surface area contributed by atoms with E-state index in [1.807, 2.05) is 18.2 Å². The molecule has 0 saturated carbocycles. The molecular weight excluding hydrogens is 493 g/mol. The van der Waals surface area contributed by atoms with Crippen LogP contribution in [0, 0.1) is 5.82 Å². The number of methoxy groups -OCH3 is 1. The Hall–Kier alpha value is -4.50. The third kappa shape index (κ3) is 6.02. The van der Waals surface area contributed by atoms with Crippen LogP contribution in [0.1, 0.15) is 21.5 Å². The highest BCUT2D eigenvalue weighted by molar-refractivity contribution is 7.92. The van der Waals surface area contributed by atoms with Crippen molar-refractivity contribution in [3.8, 4) is 5.75 Å². The number of para-hydroxylation sites is 1. The van der Waals surface area contributed by atoms with Gasteiger partial charge in [-0.15, -0.1) is 0 Å². The molecule has 4 rings (SSSR count). The molecule has 0 atom stereocenters. The summed E-state index contributed by atoms with van der Waals surface area (Å²) in [7, 11) is -2.60. The maximum Gasteiger partial charge on any atom is 0.273 e. The number of nitrogens with zero attached hydrogens (tertiary/aromatic N) is 2. The van der Waals surface area contributed by atoms with Gasteiger partial charge in [0.2, 0.25) is 0 Å². The summed E-state index contributed by atoms with van der Waals surface area (Å²) in [6, 6.07) is 27.4. The van der Waals surface area contributed by atoms with Crippen molar-refractivity contribution >= 4 is 27.8 Å². The highest BCUT2D eigenvalue weighted by atomic mass is 32.2. The lowest BCUT2D eigenvalue weighted by Crippen LogP contribution is -2.33. The van der Waals surface area contributed by atoms with Gasteiger partial charge in [-0.3, -0.25) is 9.10 Å². The van der Waals surface area contributed by atoms with Crippen LogP contribution in [0.4, 0.5) is 10.1 Å². The predicted molar refractivity (Wildman–Crippen MR) is 141 cm³/mol. The summed E-state index contributed by atoms with van der Waals surface area (Å²) in [6.45, 7) is -0.0159. The fourth-order valence-corrected chi connectivity index (χ4v) is 5.08. The first-order valence-corrected chi connectivity index (χ1v) is 12.7. The quantitative estimate of drug-likeness (QED) is 0.250. The van der Waals surface area contributed by atoms with Crippen LogP contribution in [0.15, 0.2) is 113 Å². The zero-order valence-corrected chi connectivity index (χ0v) is 20.7. The summed E-state index contributed by atoms with van der Waals surface area (Å²) in [6.07, 6.45) is 1.19. The lowest BCUT2D eigenvalue weighted by atomic mass is 10.1. The van der Waals surface area contributed by atoms with Gasteiger partial charge in [0.15, 0.2) is 0 Å². The molecule has 1 N–H and O–H groups in total. The zero-order chi connectivity index (χ0) is 26.3. The number of amides is 1. The normalized spacial score (nSPS) is 11.3. The Labute approximate surface area is 214 Å². The van der Waals surface area contributed by atoms with Crippen molar-refractivity contribution in [2.75, 3.05) is 11.4 Å². The van der Waals surface area contributed by atoms with Gasteiger partial charge in [0, 0.05) is 5.56 Å². The highest BCUT2D eigenvalue weighted by Gasteiger charge is 2.28. The molecule has 0 aliphatic rings. The molecular formula is C28H24FN3O4S. The Kier molecular flexibility index (Phi) is 7.95. The van der Waals surface area contributed by atoms with Crippen molar-refractivity contribution in [3.05, 3.63) is 126 Å². The van der Waals surface area contributed by atoms with Gasteiger partial charge in [-0.25, -0.2) is 18.2 Å². The lowest BCUT2D eigenvalue weighted by molar-refractivity contribution is 0.0955. The number of ether oxygens (including phenoxy) is 1. The van der Waals surface area contributed by atoms with Gasteiger partial charge in [0.25, 0.3) is 15.9 Å². The number of sulfonamides is 1. The second kappa shape index (κ2) is 11.5. The second-order valence-corrected chi connectivity index (χ2v) is 9.77. The molecule has 188 valence electrons. The maximum atomic E-state index is 13.9. The smallest absolute Gasteiger partial charge is 0.273 e. The van der Waals surface area contributed by atoms with Crippen LogP contribution in [-0.4, -0.2) is 27.6 Å². The van der Waals surface area contributed by atoms with Crippen LogP contribution in [0.25, 0.3) is 0 Å². The van der Waals surface area contributed by atoms with E-state index in [1.165, 1.54) is 48.0 Å². The third-order valence-corrected chi connectivity index (χ3v) is 7.28. The molecule has 0 fully saturated rings. The molecule has 9 heteroatoms. The molecule has 0 aromatic heterocycles. The molecule has 37 heavy (non-hydrogen) atoms. The number of hydrazone groups is 1. The number of anilines is 1. The predicted octanol–water partition coefficient (Wildman–Crippen LogP) is 4.99. The Morgan fingerprint density at radius 3 is 2.27 bits per heavy atom. The van der Waals surface area contributed by atoms with E-state index in [1.54, 1.807) is 54.6 Å². The summed E-state index contributed by atoms with van der Waals surface area (Å²) in [4.78, 5) is 13.1. The van der Waals surface area contributed by atoms with Crippen molar-refractivity contribution in [1.82, 2.24) is 5.43 Å². The van der Waals surface area contributed by atoms with Gasteiger partial charge in [-0.2, -0.15) is 5.10 Å². The van der Waals surface area contributed by atoms with E-state index in [2.05, 4.69) is 10.5 Å². The van der Waals surface area contributed by atoms with Crippen LogP contribution < -0.4 is 14.5 Å². The fourth-order valence-electron chi connectivity index (χ4n) is 3.61. The molecule has 4 aromatic carbocycles. The Morgan fingerprint density at radius 1 is 0.919 bits per heavy atom. The van der Waals surface area contributed by atoms with Gasteiger partial charge in [-0.05, 0) is 48.0 Å². The van der Waals surface area contributed by atoms with Gasteiger partial charge >= 0.3 is 0 Å². The molecule has 0 bridgehead atoms. The topological polar surface area (TPSA) is 88.1 Å². The van der Waals surface area contributed by atoms with Crippen LogP contribution in [0.2, 0.25) is 0 Å². The van der Waals surface area contributed by atoms with E-state index in [0.717, 1.165) is 5.56 Å². The van der Waals surface area contributed by atoms with Crippen LogP contribution in [0.5, 0.6) is 5.75 Å². The molecule has 0 heterocycles. The first-order chi connectivity index (χ1) is 17.9. The number of nitrogens with one attached hydrogen (secondary N) is 1. The monoisotopic (exact) mass is 517 g/mol. The van der Waals surface area contributed by atoms with Crippen LogP contribution >= 0.6 is 0 Å². The summed E-state index contributed by atoms with van der Waals surface area (Å²) >= 11 is 0. The average Bonchev–Trinajstić information content (AvgIpc) is 2.93. The molecule has 0 aliphatic heterocycles. The minimum Gasteiger partial charge on any atom is -0.497 e. The van der Waals surface area contributed by atoms with E-state index >= 15 is 0 Å². The first kappa shape index (κ1) is 25.6. The van der Waals surface area contributed by atoms with Crippen molar-refractivity contribution in [2.24, 2.45) is 5.10 Å². The van der Waals surface area contributed by atoms with Crippen LogP contribution in [-0.2, 0) is 16.6 Å². The fraction of sp³-hybridized carbons (Fsp3) is 0.0714. The van der Waals surface area contributed by atoms with E-state index < -0.39 is 21.7 Å². The zero-order valence-electron chi connectivity index (χ0n) is 19.9. The minimum atomic E-state index is -4.09. The highest BCUT2D eigenvalue weighted by Crippen LogP contribution is 2.30. The number of hydrogen-bond donors (Lipinski definition) is 1. The number of carbonyl (C=O) groups is 1. The Bertz CT molecular complexity index is 1510. The summed E-state index contributed by atoms with van der Waals surface area (Å²) < 4.78 is 47.9. The summed E-state index contributed by atoms with van der Waals surface area (Å²) in [5.74, 6) is -0.618. The SMILES string of the molecule is COc1ccc(S(=O)(=O)N(Cc2ccccc2)c2ccccc2C(=O)N/N=C/c2ccccc2F)cc1. The third-order valence-electron chi connectivity index (χ3n) is 5.51. The standard InChI is InChI=1S/C28H24FN3O4S/c1-36-23-15-17-24(18-16-23)37(34,35)32(20-21-9-3-2-4-10-21)27-14-8-6-12-25(27)28(33)31-30-19-22-11-5-7-13-26(22)29/h2-19H,20H2,1H3,(H,31,33)/b30-19+. The average molecular weight is 518 g/mol. The lowest BCUT2D eigenvalue weighted by Gasteiger charge is -2.26. The van der Waals surface area contributed by atoms with Gasteiger partial charge in [-0.1, -0.05) is 60.7 Å². The molecule has 1 amide bonds. The molecule has 0 spiro atoms. The maximum absolute atomic E-state index is 13.9. The van der Waals surface area contributed by atoms with Gasteiger partial charge in [0.05, 0.1) is 36.0 Å². The number of carbonyl (C=O) groups excluding carboxylic acids is 1. The Morgan fingerprint density at radius 2 is 1.57 bits per heavy atom. The number of rotatable bonds is 9. The minimum absolute atomic E-state index is 0.0159. The van der Waals surface area contributed by atoms with Crippen LogP contribution in [0.3, 0.4) is 0 Å². The molecule has 4 aromatic rings. The van der Waals surface area contributed by atoms with E-state index in [4.69, 9.17) is 4.74 Å². The van der Waals surface area contributed by atoms with Gasteiger partial charge < -0.3 is 4.74 Å². The van der Waals surface area contributed by atoms with E-state index in [9.17, 15) is 17.6 Å². The largest absolute Gasteiger partial charge is 0.497 e. The van der Waals surface area contributed by atoms with Gasteiger partial charge in [0.1, 0.15) is 11.6 Å². The van der Waals surface area contributed by atoms with Crippen molar-refractivity contribution in [2.45, 2.75) is 11.4 Å². The second-order valence-electron chi connectivity index (χ2n) is 7.91. The van der Waals surface area contributed by atoms with Crippen molar-refractivity contribution in [3.63, 3.8) is 0 Å². The Balaban J connectivity index is 1.71.